The Kier molecular flexibility index (Phi) is 6.56. The molecule has 3 N–H and O–H groups in total. The first-order chi connectivity index (χ1) is 15.3. The Morgan fingerprint density at radius 1 is 1.03 bits per heavy atom. The van der Waals surface area contributed by atoms with E-state index in [-0.39, 0.29) is 17.3 Å². The number of amides is 2. The minimum absolute atomic E-state index is 0.00420. The van der Waals surface area contributed by atoms with Crippen LogP contribution in [0.2, 0.25) is 0 Å². The number of anilines is 1. The van der Waals surface area contributed by atoms with Crippen LogP contribution in [-0.4, -0.2) is 68.3 Å². The number of carbonyl (C=O) groups is 2. The van der Waals surface area contributed by atoms with E-state index in [1.807, 2.05) is 24.3 Å². The third-order valence-electron chi connectivity index (χ3n) is 5.77. The molecule has 0 bridgehead atoms. The van der Waals surface area contributed by atoms with E-state index in [4.69, 9.17) is 10.5 Å². The van der Waals surface area contributed by atoms with Crippen LogP contribution in [0, 0.1) is 0 Å². The molecule has 1 atom stereocenters. The van der Waals surface area contributed by atoms with Crippen LogP contribution >= 0.6 is 0 Å². The molecule has 2 aliphatic heterocycles. The van der Waals surface area contributed by atoms with E-state index in [1.54, 1.807) is 17.0 Å². The maximum absolute atomic E-state index is 12.7. The quantitative estimate of drug-likeness (QED) is 0.652. The highest BCUT2D eigenvalue weighted by molar-refractivity contribution is 7.89. The Labute approximate surface area is 187 Å². The fourth-order valence-corrected chi connectivity index (χ4v) is 5.46. The molecule has 10 heteroatoms. The maximum atomic E-state index is 12.7. The highest BCUT2D eigenvalue weighted by atomic mass is 32.2. The monoisotopic (exact) mass is 458 g/mol. The highest BCUT2D eigenvalue weighted by Gasteiger charge is 2.31. The van der Waals surface area contributed by atoms with Crippen LogP contribution in [0.15, 0.2) is 53.4 Å². The van der Waals surface area contributed by atoms with Crippen molar-refractivity contribution in [1.29, 1.82) is 0 Å². The van der Waals surface area contributed by atoms with Crippen LogP contribution in [0.5, 0.6) is 0 Å². The zero-order valence-corrected chi connectivity index (χ0v) is 18.4. The number of ether oxygens (including phenoxy) is 1. The van der Waals surface area contributed by atoms with Crippen molar-refractivity contribution in [1.82, 2.24) is 9.21 Å². The fourth-order valence-electron chi connectivity index (χ4n) is 4.06. The average molecular weight is 459 g/mol. The molecule has 2 aromatic rings. The molecule has 0 unspecified atom stereocenters. The van der Waals surface area contributed by atoms with E-state index >= 15 is 0 Å². The van der Waals surface area contributed by atoms with Crippen molar-refractivity contribution in [3.8, 4) is 0 Å². The fraction of sp³-hybridized carbons (Fsp3) is 0.364. The second kappa shape index (κ2) is 9.37. The Hall–Kier alpha value is -2.79. The Morgan fingerprint density at radius 3 is 2.34 bits per heavy atom. The molecule has 32 heavy (non-hydrogen) atoms. The zero-order chi connectivity index (χ0) is 22.7. The molecule has 1 fully saturated rings. The van der Waals surface area contributed by atoms with Crippen molar-refractivity contribution in [2.45, 2.75) is 23.9 Å². The van der Waals surface area contributed by atoms with Crippen LogP contribution < -0.4 is 11.1 Å². The van der Waals surface area contributed by atoms with Gasteiger partial charge in [-0.1, -0.05) is 24.3 Å². The number of carbonyl (C=O) groups excluding carboxylic acids is 2. The summed E-state index contributed by atoms with van der Waals surface area (Å²) >= 11 is 0. The summed E-state index contributed by atoms with van der Waals surface area (Å²) in [6, 6.07) is 13.3. The summed E-state index contributed by atoms with van der Waals surface area (Å²) < 4.78 is 32.0. The molecule has 0 spiro atoms. The summed E-state index contributed by atoms with van der Waals surface area (Å²) in [5.41, 5.74) is 8.18. The number of nitrogens with one attached hydrogen (secondary N) is 1. The minimum atomic E-state index is -3.59. The first-order valence-corrected chi connectivity index (χ1v) is 11.9. The summed E-state index contributed by atoms with van der Waals surface area (Å²) in [4.78, 5) is 26.5. The van der Waals surface area contributed by atoms with E-state index in [9.17, 15) is 18.0 Å². The third kappa shape index (κ3) is 4.83. The molecule has 170 valence electrons. The third-order valence-corrected chi connectivity index (χ3v) is 7.68. The number of morpholine rings is 1. The van der Waals surface area contributed by atoms with E-state index in [0.29, 0.717) is 45.0 Å². The number of fused-ring (bicyclic) bond motifs is 1. The number of sulfonamides is 1. The van der Waals surface area contributed by atoms with Crippen LogP contribution in [0.25, 0.3) is 0 Å². The number of nitrogens with two attached hydrogens (primary N) is 1. The molecule has 2 heterocycles. The van der Waals surface area contributed by atoms with Crippen molar-refractivity contribution in [2.75, 3.05) is 38.2 Å². The molecule has 0 radical (unpaired) electrons. The van der Waals surface area contributed by atoms with Gasteiger partial charge in [-0.05, 0) is 41.8 Å². The van der Waals surface area contributed by atoms with Gasteiger partial charge < -0.3 is 15.8 Å². The van der Waals surface area contributed by atoms with Gasteiger partial charge in [-0.2, -0.15) is 4.31 Å². The summed E-state index contributed by atoms with van der Waals surface area (Å²) in [6.07, 6.45) is 0.465. The first kappa shape index (κ1) is 22.4. The normalized spacial score (nSPS) is 19.8. The molecule has 2 aliphatic rings. The van der Waals surface area contributed by atoms with Crippen molar-refractivity contribution >= 4 is 27.5 Å². The molecule has 1 saturated heterocycles. The topological polar surface area (TPSA) is 122 Å². The predicted molar refractivity (Wildman–Crippen MR) is 118 cm³/mol. The molecule has 2 aromatic carbocycles. The largest absolute Gasteiger partial charge is 0.379 e. The van der Waals surface area contributed by atoms with Gasteiger partial charge in [-0.15, -0.1) is 0 Å². The highest BCUT2D eigenvalue weighted by Crippen LogP contribution is 2.23. The summed E-state index contributed by atoms with van der Waals surface area (Å²) in [6.45, 7) is 1.84. The Morgan fingerprint density at radius 2 is 1.69 bits per heavy atom. The van der Waals surface area contributed by atoms with Crippen molar-refractivity contribution in [2.24, 2.45) is 5.73 Å². The van der Waals surface area contributed by atoms with E-state index < -0.39 is 22.0 Å². The molecule has 0 saturated carbocycles. The van der Waals surface area contributed by atoms with Crippen LogP contribution in [0.4, 0.5) is 5.69 Å². The van der Waals surface area contributed by atoms with Gasteiger partial charge in [0, 0.05) is 25.3 Å². The first-order valence-electron chi connectivity index (χ1n) is 10.4. The molecule has 9 nitrogen and oxygen atoms in total. The van der Waals surface area contributed by atoms with Crippen molar-refractivity contribution in [3.05, 3.63) is 59.7 Å². The molecule has 2 amide bonds. The Bertz CT molecular complexity index is 1100. The number of rotatable bonds is 6. The van der Waals surface area contributed by atoms with Gasteiger partial charge in [0.2, 0.25) is 21.8 Å². The van der Waals surface area contributed by atoms with Crippen molar-refractivity contribution in [3.63, 3.8) is 0 Å². The van der Waals surface area contributed by atoms with Gasteiger partial charge in [0.25, 0.3) is 0 Å². The van der Waals surface area contributed by atoms with E-state index in [2.05, 4.69) is 5.32 Å². The van der Waals surface area contributed by atoms with Crippen LogP contribution in [0.1, 0.15) is 11.1 Å². The summed E-state index contributed by atoms with van der Waals surface area (Å²) in [5.74, 6) is -0.774. The smallest absolute Gasteiger partial charge is 0.243 e. The number of benzene rings is 2. The Balaban J connectivity index is 1.41. The maximum Gasteiger partial charge on any atom is 0.243 e. The molecule has 0 aromatic heterocycles. The van der Waals surface area contributed by atoms with Gasteiger partial charge in [0.1, 0.15) is 0 Å². The molecular formula is C22H26N4O5S. The predicted octanol–water partition coefficient (Wildman–Crippen LogP) is 0.558. The molecule has 4 rings (SSSR count). The minimum Gasteiger partial charge on any atom is -0.379 e. The lowest BCUT2D eigenvalue weighted by atomic mass is 9.93. The summed E-state index contributed by atoms with van der Waals surface area (Å²) in [5, 5.41) is 2.77. The summed E-state index contributed by atoms with van der Waals surface area (Å²) in [7, 11) is -3.59. The van der Waals surface area contributed by atoms with Crippen LogP contribution in [-0.2, 0) is 37.3 Å². The lowest BCUT2D eigenvalue weighted by molar-refractivity contribution is -0.125. The van der Waals surface area contributed by atoms with Gasteiger partial charge in [-0.25, -0.2) is 8.42 Å². The van der Waals surface area contributed by atoms with Gasteiger partial charge in [-0.3, -0.25) is 14.5 Å². The molecule has 0 aliphatic carbocycles. The van der Waals surface area contributed by atoms with E-state index in [0.717, 1.165) is 11.1 Å². The number of nitrogens with zero attached hydrogens (tertiary/aromatic N) is 2. The number of hydrogen-bond donors (Lipinski definition) is 2. The number of hydrogen-bond acceptors (Lipinski definition) is 6. The second-order valence-electron chi connectivity index (χ2n) is 7.88. The zero-order valence-electron chi connectivity index (χ0n) is 17.6. The lowest BCUT2D eigenvalue weighted by Crippen LogP contribution is -2.50. The SMILES string of the molecule is NC(=O)[C@@H]1Cc2ccccc2CN1CC(=O)Nc1ccc(S(=O)(=O)N2CCOCC2)cc1. The van der Waals surface area contributed by atoms with E-state index in [1.165, 1.54) is 16.4 Å². The average Bonchev–Trinajstić information content (AvgIpc) is 2.79. The van der Waals surface area contributed by atoms with Gasteiger partial charge >= 0.3 is 0 Å². The van der Waals surface area contributed by atoms with Crippen LogP contribution in [0.3, 0.4) is 0 Å². The van der Waals surface area contributed by atoms with Gasteiger partial charge in [0.15, 0.2) is 0 Å². The second-order valence-corrected chi connectivity index (χ2v) is 9.82. The molecular weight excluding hydrogens is 432 g/mol. The van der Waals surface area contributed by atoms with Gasteiger partial charge in [0.05, 0.1) is 30.7 Å². The lowest BCUT2D eigenvalue weighted by Gasteiger charge is -2.34. The number of primary amides is 1. The van der Waals surface area contributed by atoms with Crippen molar-refractivity contribution < 1.29 is 22.7 Å². The standard InChI is InChI=1S/C22H26N4O5S/c23-22(28)20-13-16-3-1-2-4-17(16)14-25(20)15-21(27)24-18-5-7-19(8-6-18)32(29,30)26-9-11-31-12-10-26/h1-8,20H,9-15H2,(H2,23,28)(H,24,27)/t20-/m0/s1.